The van der Waals surface area contributed by atoms with Crippen LogP contribution in [0.1, 0.15) is 30.9 Å². The number of amides is 1. The molecule has 1 heterocycles. The Kier molecular flexibility index (Phi) is 3.57. The first-order chi connectivity index (χ1) is 8.60. The lowest BCUT2D eigenvalue weighted by molar-refractivity contribution is -0.139. The molecule has 1 fully saturated rings. The highest BCUT2D eigenvalue weighted by molar-refractivity contribution is 5.86. The molecule has 98 valence electrons. The Balaban J connectivity index is 2.52. The molecule has 2 rings (SSSR count). The fourth-order valence-corrected chi connectivity index (χ4v) is 2.42. The van der Waals surface area contributed by atoms with Crippen LogP contribution < -0.4 is 10.5 Å². The van der Waals surface area contributed by atoms with Gasteiger partial charge in [-0.1, -0.05) is 11.6 Å². The van der Waals surface area contributed by atoms with E-state index in [2.05, 4.69) is 0 Å². The highest BCUT2D eigenvalue weighted by Crippen LogP contribution is 2.41. The number of rotatable bonds is 4. The number of aryl methyl sites for hydroxylation is 1. The number of ether oxygens (including phenoxy) is 2. The second kappa shape index (κ2) is 4.98. The molecule has 1 amide bonds. The summed E-state index contributed by atoms with van der Waals surface area (Å²) in [6.07, 6.45) is 1.45. The Morgan fingerprint density at radius 3 is 2.89 bits per heavy atom. The number of hydrogen-bond acceptors (Lipinski definition) is 3. The Hall–Kier alpha value is -1.55. The van der Waals surface area contributed by atoms with E-state index in [4.69, 9.17) is 15.2 Å². The predicted octanol–water partition coefficient (Wildman–Crippen LogP) is 1.88. The Morgan fingerprint density at radius 2 is 2.33 bits per heavy atom. The molecule has 0 aliphatic carbocycles. The maximum absolute atomic E-state index is 11.8. The molecule has 1 aliphatic heterocycles. The number of hydrogen-bond donors (Lipinski definition) is 1. The Bertz CT molecular complexity index is 450. The molecule has 1 aromatic carbocycles. The summed E-state index contributed by atoms with van der Waals surface area (Å²) in [4.78, 5) is 11.8. The van der Waals surface area contributed by atoms with Crippen LogP contribution in [0.5, 0.6) is 5.75 Å². The van der Waals surface area contributed by atoms with Crippen molar-refractivity contribution in [1.29, 1.82) is 0 Å². The minimum absolute atomic E-state index is 0.438. The highest BCUT2D eigenvalue weighted by atomic mass is 16.5. The third-order valence-electron chi connectivity index (χ3n) is 3.29. The first-order valence-corrected chi connectivity index (χ1v) is 6.28. The van der Waals surface area contributed by atoms with E-state index in [1.165, 1.54) is 0 Å². The smallest absolute Gasteiger partial charge is 0.254 e. The van der Waals surface area contributed by atoms with Gasteiger partial charge in [-0.15, -0.1) is 0 Å². The van der Waals surface area contributed by atoms with Gasteiger partial charge in [-0.3, -0.25) is 4.79 Å². The van der Waals surface area contributed by atoms with Crippen LogP contribution in [-0.4, -0.2) is 19.1 Å². The molecule has 2 N–H and O–H groups in total. The molecule has 4 nitrogen and oxygen atoms in total. The number of benzene rings is 1. The first kappa shape index (κ1) is 12.9. The monoisotopic (exact) mass is 249 g/mol. The van der Waals surface area contributed by atoms with Crippen LogP contribution in [0.2, 0.25) is 0 Å². The fourth-order valence-electron chi connectivity index (χ4n) is 2.42. The molecule has 18 heavy (non-hydrogen) atoms. The molecule has 1 saturated heterocycles. The van der Waals surface area contributed by atoms with Crippen molar-refractivity contribution in [3.8, 4) is 5.75 Å². The summed E-state index contributed by atoms with van der Waals surface area (Å²) >= 11 is 0. The average molecular weight is 249 g/mol. The van der Waals surface area contributed by atoms with Gasteiger partial charge in [0.05, 0.1) is 6.61 Å². The van der Waals surface area contributed by atoms with Crippen LogP contribution in [0.15, 0.2) is 18.2 Å². The summed E-state index contributed by atoms with van der Waals surface area (Å²) in [6, 6.07) is 5.76. The van der Waals surface area contributed by atoms with E-state index in [1.54, 1.807) is 0 Å². The quantitative estimate of drug-likeness (QED) is 0.886. The third-order valence-corrected chi connectivity index (χ3v) is 3.29. The first-order valence-electron chi connectivity index (χ1n) is 6.28. The number of carbonyl (C=O) groups is 1. The normalized spacial score (nSPS) is 23.0. The highest BCUT2D eigenvalue weighted by Gasteiger charge is 2.45. The minimum Gasteiger partial charge on any atom is -0.493 e. The molecule has 4 heteroatoms. The van der Waals surface area contributed by atoms with Gasteiger partial charge in [0.1, 0.15) is 5.75 Å². The molecule has 1 aromatic rings. The summed E-state index contributed by atoms with van der Waals surface area (Å²) in [7, 11) is 0. The molecular weight excluding hydrogens is 230 g/mol. The van der Waals surface area contributed by atoms with Gasteiger partial charge >= 0.3 is 0 Å². The van der Waals surface area contributed by atoms with E-state index in [9.17, 15) is 4.79 Å². The summed E-state index contributed by atoms with van der Waals surface area (Å²) in [5.74, 6) is 0.246. The van der Waals surface area contributed by atoms with E-state index in [0.29, 0.717) is 25.4 Å². The maximum Gasteiger partial charge on any atom is 0.254 e. The van der Waals surface area contributed by atoms with E-state index in [0.717, 1.165) is 17.5 Å². The van der Waals surface area contributed by atoms with E-state index in [1.807, 2.05) is 32.0 Å². The van der Waals surface area contributed by atoms with E-state index < -0.39 is 11.5 Å². The molecule has 0 bridgehead atoms. The molecule has 0 spiro atoms. The number of carbonyl (C=O) groups excluding carboxylic acids is 1. The van der Waals surface area contributed by atoms with Gasteiger partial charge in [0.15, 0.2) is 5.60 Å². The lowest BCUT2D eigenvalue weighted by Gasteiger charge is -2.27. The number of nitrogens with two attached hydrogens (primary N) is 1. The lowest BCUT2D eigenvalue weighted by Crippen LogP contribution is -2.41. The zero-order chi connectivity index (χ0) is 13.2. The van der Waals surface area contributed by atoms with Gasteiger partial charge < -0.3 is 15.2 Å². The third kappa shape index (κ3) is 2.08. The van der Waals surface area contributed by atoms with Crippen LogP contribution in [0, 0.1) is 6.92 Å². The molecule has 1 atom stereocenters. The summed E-state index contributed by atoms with van der Waals surface area (Å²) in [5, 5.41) is 0. The fraction of sp³-hybridized carbons (Fsp3) is 0.500. The van der Waals surface area contributed by atoms with Crippen molar-refractivity contribution in [1.82, 2.24) is 0 Å². The largest absolute Gasteiger partial charge is 0.493 e. The molecule has 0 saturated carbocycles. The Labute approximate surface area is 107 Å². The van der Waals surface area contributed by atoms with Crippen LogP contribution in [0.3, 0.4) is 0 Å². The van der Waals surface area contributed by atoms with Gasteiger partial charge in [-0.2, -0.15) is 0 Å². The van der Waals surface area contributed by atoms with Crippen molar-refractivity contribution < 1.29 is 14.3 Å². The van der Waals surface area contributed by atoms with E-state index >= 15 is 0 Å². The zero-order valence-corrected chi connectivity index (χ0v) is 10.9. The standard InChI is InChI=1S/C14H19NO3/c1-3-17-12-6-5-10(2)9-11(12)14(13(15)16)7-4-8-18-14/h5-6,9H,3-4,7-8H2,1-2H3,(H2,15,16). The maximum atomic E-state index is 11.8. The van der Waals surface area contributed by atoms with Crippen LogP contribution in [0.25, 0.3) is 0 Å². The van der Waals surface area contributed by atoms with Gasteiger partial charge in [0.25, 0.3) is 5.91 Å². The summed E-state index contributed by atoms with van der Waals surface area (Å²) in [5.41, 5.74) is 6.36. The summed E-state index contributed by atoms with van der Waals surface area (Å²) < 4.78 is 11.3. The van der Waals surface area contributed by atoms with Crippen molar-refractivity contribution >= 4 is 5.91 Å². The van der Waals surface area contributed by atoms with Crippen LogP contribution in [0.4, 0.5) is 0 Å². The van der Waals surface area contributed by atoms with E-state index in [-0.39, 0.29) is 0 Å². The average Bonchev–Trinajstić information content (AvgIpc) is 2.82. The zero-order valence-electron chi connectivity index (χ0n) is 10.9. The van der Waals surface area contributed by atoms with Crippen molar-refractivity contribution in [2.24, 2.45) is 5.73 Å². The minimum atomic E-state index is -1.02. The second-order valence-electron chi connectivity index (χ2n) is 4.58. The van der Waals surface area contributed by atoms with Crippen LogP contribution in [-0.2, 0) is 15.1 Å². The Morgan fingerprint density at radius 1 is 1.56 bits per heavy atom. The van der Waals surface area contributed by atoms with Crippen molar-refractivity contribution in [3.63, 3.8) is 0 Å². The molecule has 0 aromatic heterocycles. The summed E-state index contributed by atoms with van der Waals surface area (Å²) in [6.45, 7) is 4.99. The second-order valence-corrected chi connectivity index (χ2v) is 4.58. The van der Waals surface area contributed by atoms with Crippen molar-refractivity contribution in [3.05, 3.63) is 29.3 Å². The lowest BCUT2D eigenvalue weighted by atomic mass is 9.88. The van der Waals surface area contributed by atoms with Gasteiger partial charge in [-0.25, -0.2) is 0 Å². The molecule has 0 radical (unpaired) electrons. The number of primary amides is 1. The predicted molar refractivity (Wildman–Crippen MR) is 68.4 cm³/mol. The molecule has 1 unspecified atom stereocenters. The van der Waals surface area contributed by atoms with Crippen LogP contribution >= 0.6 is 0 Å². The van der Waals surface area contributed by atoms with Gasteiger partial charge in [0, 0.05) is 12.2 Å². The SMILES string of the molecule is CCOc1ccc(C)cc1C1(C(N)=O)CCCO1. The van der Waals surface area contributed by atoms with Gasteiger partial charge in [-0.05, 0) is 38.8 Å². The van der Waals surface area contributed by atoms with Crippen molar-refractivity contribution in [2.45, 2.75) is 32.3 Å². The van der Waals surface area contributed by atoms with Gasteiger partial charge in [0.2, 0.25) is 0 Å². The topological polar surface area (TPSA) is 61.5 Å². The molecular formula is C14H19NO3. The molecule has 1 aliphatic rings. The van der Waals surface area contributed by atoms with Crippen molar-refractivity contribution in [2.75, 3.05) is 13.2 Å².